The highest BCUT2D eigenvalue weighted by molar-refractivity contribution is 14.0. The minimum absolute atomic E-state index is 0. The Labute approximate surface area is 170 Å². The van der Waals surface area contributed by atoms with Crippen LogP contribution in [0.1, 0.15) is 44.7 Å². The van der Waals surface area contributed by atoms with Crippen molar-refractivity contribution in [2.75, 3.05) is 26.7 Å². The van der Waals surface area contributed by atoms with E-state index < -0.39 is 0 Å². The number of benzene rings is 1. The second-order valence-corrected chi connectivity index (χ2v) is 7.16. The van der Waals surface area contributed by atoms with E-state index in [1.807, 2.05) is 7.05 Å². The molecule has 1 fully saturated rings. The Bertz CT molecular complexity index is 522. The van der Waals surface area contributed by atoms with Crippen LogP contribution in [0.15, 0.2) is 29.3 Å². The Hall–Kier alpha value is -0.820. The molecule has 1 aliphatic rings. The van der Waals surface area contributed by atoms with Crippen LogP contribution >= 0.6 is 24.0 Å². The second kappa shape index (κ2) is 11.7. The molecule has 0 amide bonds. The van der Waals surface area contributed by atoms with Gasteiger partial charge >= 0.3 is 0 Å². The van der Waals surface area contributed by atoms with Gasteiger partial charge in [0.15, 0.2) is 5.96 Å². The Morgan fingerprint density at radius 1 is 1.20 bits per heavy atom. The van der Waals surface area contributed by atoms with E-state index in [-0.39, 0.29) is 24.0 Å². The molecule has 1 aromatic carbocycles. The minimum Gasteiger partial charge on any atom is -0.354 e. The number of aliphatic imine (C=N–C) groups is 1. The van der Waals surface area contributed by atoms with Crippen LogP contribution in [0, 0.1) is 5.92 Å². The molecule has 0 radical (unpaired) electrons. The average molecular weight is 458 g/mol. The molecule has 2 rings (SSSR count). The number of nitrogens with zero attached hydrogens (tertiary/aromatic N) is 2. The SMILES string of the molecule is CCc1ccccc1CNC(=NC)NC1CCN(CC(C)C)CC1.I. The molecule has 142 valence electrons. The van der Waals surface area contributed by atoms with E-state index in [0.29, 0.717) is 6.04 Å². The van der Waals surface area contributed by atoms with Gasteiger partial charge in [0.1, 0.15) is 0 Å². The molecule has 2 N–H and O–H groups in total. The van der Waals surface area contributed by atoms with Crippen molar-refractivity contribution < 1.29 is 0 Å². The van der Waals surface area contributed by atoms with Gasteiger partial charge in [0.2, 0.25) is 0 Å². The Balaban J connectivity index is 0.00000312. The Morgan fingerprint density at radius 3 is 2.40 bits per heavy atom. The molecule has 1 heterocycles. The van der Waals surface area contributed by atoms with Crippen LogP contribution in [0.3, 0.4) is 0 Å². The highest BCUT2D eigenvalue weighted by atomic mass is 127. The number of nitrogens with one attached hydrogen (secondary N) is 2. The van der Waals surface area contributed by atoms with Crippen molar-refractivity contribution in [2.45, 2.75) is 52.6 Å². The molecule has 1 aliphatic heterocycles. The van der Waals surface area contributed by atoms with Crippen LogP contribution in [0.4, 0.5) is 0 Å². The quantitative estimate of drug-likeness (QED) is 0.389. The summed E-state index contributed by atoms with van der Waals surface area (Å²) >= 11 is 0. The van der Waals surface area contributed by atoms with Gasteiger partial charge in [-0.3, -0.25) is 4.99 Å². The Morgan fingerprint density at radius 2 is 1.84 bits per heavy atom. The fourth-order valence-electron chi connectivity index (χ4n) is 3.42. The van der Waals surface area contributed by atoms with E-state index in [1.165, 1.54) is 43.6 Å². The van der Waals surface area contributed by atoms with Crippen molar-refractivity contribution in [1.82, 2.24) is 15.5 Å². The number of guanidine groups is 1. The molecular weight excluding hydrogens is 423 g/mol. The topological polar surface area (TPSA) is 39.7 Å². The molecular formula is C20H35IN4. The van der Waals surface area contributed by atoms with Crippen molar-refractivity contribution >= 4 is 29.9 Å². The van der Waals surface area contributed by atoms with Crippen LogP contribution in [0.25, 0.3) is 0 Å². The van der Waals surface area contributed by atoms with Crippen LogP contribution in [-0.4, -0.2) is 43.6 Å². The number of hydrogen-bond donors (Lipinski definition) is 2. The first-order valence-electron chi connectivity index (χ1n) is 9.38. The molecule has 0 aliphatic carbocycles. The molecule has 0 aromatic heterocycles. The zero-order valence-corrected chi connectivity index (χ0v) is 18.5. The lowest BCUT2D eigenvalue weighted by Gasteiger charge is -2.34. The van der Waals surface area contributed by atoms with E-state index in [0.717, 1.165) is 24.8 Å². The van der Waals surface area contributed by atoms with Gasteiger partial charge in [-0.05, 0) is 36.3 Å². The van der Waals surface area contributed by atoms with Crippen molar-refractivity contribution in [1.29, 1.82) is 0 Å². The lowest BCUT2D eigenvalue weighted by molar-refractivity contribution is 0.187. The number of rotatable bonds is 6. The van der Waals surface area contributed by atoms with Crippen molar-refractivity contribution in [3.05, 3.63) is 35.4 Å². The molecule has 4 nitrogen and oxygen atoms in total. The highest BCUT2D eigenvalue weighted by Gasteiger charge is 2.20. The fourth-order valence-corrected chi connectivity index (χ4v) is 3.42. The smallest absolute Gasteiger partial charge is 0.191 e. The zero-order chi connectivity index (χ0) is 17.4. The highest BCUT2D eigenvalue weighted by Crippen LogP contribution is 2.12. The normalized spacial score (nSPS) is 16.6. The zero-order valence-electron chi connectivity index (χ0n) is 16.2. The third-order valence-corrected chi connectivity index (χ3v) is 4.72. The summed E-state index contributed by atoms with van der Waals surface area (Å²) in [4.78, 5) is 6.98. The van der Waals surface area contributed by atoms with Crippen LogP contribution in [0.5, 0.6) is 0 Å². The first-order valence-corrected chi connectivity index (χ1v) is 9.38. The van der Waals surface area contributed by atoms with E-state index in [4.69, 9.17) is 0 Å². The molecule has 0 saturated carbocycles. The largest absolute Gasteiger partial charge is 0.354 e. The number of hydrogen-bond acceptors (Lipinski definition) is 2. The fraction of sp³-hybridized carbons (Fsp3) is 0.650. The number of likely N-dealkylation sites (tertiary alicyclic amines) is 1. The van der Waals surface area contributed by atoms with Gasteiger partial charge in [-0.2, -0.15) is 0 Å². The summed E-state index contributed by atoms with van der Waals surface area (Å²) < 4.78 is 0. The van der Waals surface area contributed by atoms with Gasteiger partial charge in [0, 0.05) is 39.3 Å². The van der Waals surface area contributed by atoms with E-state index in [1.54, 1.807) is 0 Å². The molecule has 5 heteroatoms. The van der Waals surface area contributed by atoms with Crippen LogP contribution in [0.2, 0.25) is 0 Å². The molecule has 0 unspecified atom stereocenters. The van der Waals surface area contributed by atoms with Gasteiger partial charge in [0.05, 0.1) is 0 Å². The molecule has 1 saturated heterocycles. The summed E-state index contributed by atoms with van der Waals surface area (Å²) in [5.41, 5.74) is 2.76. The lowest BCUT2D eigenvalue weighted by atomic mass is 10.0. The standard InChI is InChI=1S/C20H34N4.HI/c1-5-17-8-6-7-9-18(17)14-22-20(21-4)23-19-10-12-24(13-11-19)15-16(2)3;/h6-9,16,19H,5,10-15H2,1-4H3,(H2,21,22,23);1H. The Kier molecular flexibility index (Phi) is 10.4. The van der Waals surface area contributed by atoms with Crippen LogP contribution < -0.4 is 10.6 Å². The van der Waals surface area contributed by atoms with Crippen molar-refractivity contribution in [2.24, 2.45) is 10.9 Å². The van der Waals surface area contributed by atoms with E-state index in [9.17, 15) is 0 Å². The van der Waals surface area contributed by atoms with Gasteiger partial charge in [0.25, 0.3) is 0 Å². The first kappa shape index (κ1) is 22.2. The summed E-state index contributed by atoms with van der Waals surface area (Å²) in [6.07, 6.45) is 3.45. The summed E-state index contributed by atoms with van der Waals surface area (Å²) in [6, 6.07) is 9.15. The van der Waals surface area contributed by atoms with Gasteiger partial charge in [-0.25, -0.2) is 0 Å². The maximum Gasteiger partial charge on any atom is 0.191 e. The maximum absolute atomic E-state index is 4.40. The summed E-state index contributed by atoms with van der Waals surface area (Å²) in [5, 5.41) is 7.08. The predicted octanol–water partition coefficient (Wildman–Crippen LogP) is 3.65. The minimum atomic E-state index is 0. The third kappa shape index (κ3) is 7.52. The van der Waals surface area contributed by atoms with Gasteiger partial charge in [-0.1, -0.05) is 45.0 Å². The van der Waals surface area contributed by atoms with Crippen LogP contribution in [-0.2, 0) is 13.0 Å². The molecule has 25 heavy (non-hydrogen) atoms. The van der Waals surface area contributed by atoms with Gasteiger partial charge in [-0.15, -0.1) is 24.0 Å². The molecule has 1 aromatic rings. The number of halogens is 1. The van der Waals surface area contributed by atoms with E-state index >= 15 is 0 Å². The molecule has 0 spiro atoms. The summed E-state index contributed by atoms with van der Waals surface area (Å²) in [6.45, 7) is 11.2. The lowest BCUT2D eigenvalue weighted by Crippen LogP contribution is -2.49. The number of piperidine rings is 1. The first-order chi connectivity index (χ1) is 11.6. The van der Waals surface area contributed by atoms with E-state index in [2.05, 4.69) is 65.6 Å². The van der Waals surface area contributed by atoms with Gasteiger partial charge < -0.3 is 15.5 Å². The van der Waals surface area contributed by atoms with Crippen molar-refractivity contribution in [3.63, 3.8) is 0 Å². The summed E-state index contributed by atoms with van der Waals surface area (Å²) in [7, 11) is 1.86. The second-order valence-electron chi connectivity index (χ2n) is 7.16. The monoisotopic (exact) mass is 458 g/mol. The maximum atomic E-state index is 4.40. The average Bonchev–Trinajstić information content (AvgIpc) is 2.59. The number of aryl methyl sites for hydroxylation is 1. The summed E-state index contributed by atoms with van der Waals surface area (Å²) in [5.74, 6) is 1.67. The third-order valence-electron chi connectivity index (χ3n) is 4.72. The van der Waals surface area contributed by atoms with Crippen molar-refractivity contribution in [3.8, 4) is 0 Å². The molecule has 0 bridgehead atoms. The predicted molar refractivity (Wildman–Crippen MR) is 119 cm³/mol. The molecule has 0 atom stereocenters.